The fourth-order valence-electron chi connectivity index (χ4n) is 6.43. The van der Waals surface area contributed by atoms with Crippen LogP contribution in [0.15, 0.2) is 103 Å². The molecule has 42 heavy (non-hydrogen) atoms. The highest BCUT2D eigenvalue weighted by atomic mass is 16.5. The van der Waals surface area contributed by atoms with Gasteiger partial charge in [0, 0.05) is 29.5 Å². The minimum Gasteiger partial charge on any atom is -0.497 e. The second-order valence-corrected chi connectivity index (χ2v) is 11.2. The van der Waals surface area contributed by atoms with Gasteiger partial charge in [-0.15, -0.1) is 0 Å². The summed E-state index contributed by atoms with van der Waals surface area (Å²) in [6.07, 6.45) is 11.0. The Labute approximate surface area is 247 Å². The first-order valence-corrected chi connectivity index (χ1v) is 15.0. The normalized spacial score (nSPS) is 12.8. The molecule has 0 amide bonds. The van der Waals surface area contributed by atoms with Crippen molar-refractivity contribution in [3.8, 4) is 28.3 Å². The minimum atomic E-state index is 0.879. The predicted octanol–water partition coefficient (Wildman–Crippen LogP) is 9.09. The topological polar surface area (TPSA) is 26.0 Å². The quantitative estimate of drug-likeness (QED) is 0.194. The molecule has 2 aromatic heterocycles. The number of nitrogens with zero attached hydrogens (tertiary/aromatic N) is 2. The summed E-state index contributed by atoms with van der Waals surface area (Å²) in [7, 11) is 1.71. The van der Waals surface area contributed by atoms with Gasteiger partial charge in [0.25, 0.3) is 0 Å². The summed E-state index contributed by atoms with van der Waals surface area (Å²) in [6, 6.07) is 34.9. The van der Waals surface area contributed by atoms with Crippen LogP contribution < -0.4 is 9.30 Å². The van der Waals surface area contributed by atoms with Gasteiger partial charge in [0.2, 0.25) is 5.69 Å². The fraction of sp³-hybridized carbons (Fsp3) is 0.179. The van der Waals surface area contributed by atoms with Gasteiger partial charge in [-0.05, 0) is 82.3 Å². The van der Waals surface area contributed by atoms with E-state index < -0.39 is 0 Å². The minimum absolute atomic E-state index is 0.879. The summed E-state index contributed by atoms with van der Waals surface area (Å²) in [5.74, 6) is 0.879. The molecule has 1 aliphatic rings. The van der Waals surface area contributed by atoms with Crippen LogP contribution in [0.3, 0.4) is 0 Å². The number of rotatable bonds is 6. The van der Waals surface area contributed by atoms with Crippen LogP contribution in [0.2, 0.25) is 0 Å². The van der Waals surface area contributed by atoms with Gasteiger partial charge in [-0.2, -0.15) is 4.57 Å². The van der Waals surface area contributed by atoms with E-state index in [1.54, 1.807) is 7.11 Å². The van der Waals surface area contributed by atoms with Crippen molar-refractivity contribution in [2.75, 3.05) is 7.11 Å². The zero-order chi connectivity index (χ0) is 28.5. The zero-order valence-corrected chi connectivity index (χ0v) is 24.3. The Hall–Kier alpha value is -4.76. The van der Waals surface area contributed by atoms with Crippen LogP contribution in [0.1, 0.15) is 42.0 Å². The highest BCUT2D eigenvalue weighted by Gasteiger charge is 2.26. The van der Waals surface area contributed by atoms with Gasteiger partial charge in [0.05, 0.1) is 23.9 Å². The first-order chi connectivity index (χ1) is 20.7. The lowest BCUT2D eigenvalue weighted by molar-refractivity contribution is -0.686. The molecule has 0 bridgehead atoms. The molecule has 0 fully saturated rings. The van der Waals surface area contributed by atoms with Gasteiger partial charge < -0.3 is 4.74 Å². The summed E-state index contributed by atoms with van der Waals surface area (Å²) < 4.78 is 7.83. The van der Waals surface area contributed by atoms with Crippen molar-refractivity contribution in [1.82, 2.24) is 4.98 Å². The maximum atomic E-state index is 5.41. The van der Waals surface area contributed by atoms with E-state index in [0.29, 0.717) is 0 Å². The molecule has 3 heteroatoms. The van der Waals surface area contributed by atoms with Gasteiger partial charge in [-0.3, -0.25) is 0 Å². The highest BCUT2D eigenvalue weighted by molar-refractivity contribution is 5.96. The van der Waals surface area contributed by atoms with E-state index in [4.69, 9.17) is 9.72 Å². The molecule has 4 aromatic carbocycles. The Balaban J connectivity index is 1.41. The first kappa shape index (κ1) is 26.2. The van der Waals surface area contributed by atoms with Crippen LogP contribution in [0.5, 0.6) is 5.75 Å². The highest BCUT2D eigenvalue weighted by Crippen LogP contribution is 2.39. The van der Waals surface area contributed by atoms with Crippen LogP contribution in [-0.4, -0.2) is 12.1 Å². The molecule has 0 spiro atoms. The Morgan fingerprint density at radius 2 is 1.69 bits per heavy atom. The number of para-hydroxylation sites is 1. The Morgan fingerprint density at radius 3 is 2.60 bits per heavy atom. The largest absolute Gasteiger partial charge is 0.497 e. The zero-order valence-electron chi connectivity index (χ0n) is 24.3. The van der Waals surface area contributed by atoms with Crippen molar-refractivity contribution in [3.05, 3.63) is 126 Å². The van der Waals surface area contributed by atoms with Gasteiger partial charge in [-0.25, -0.2) is 4.98 Å². The number of aryl methyl sites for hydroxylation is 3. The SMILES string of the molecule is CCCc1ccc2c(c1-c1cc(/C=C/c3ccc4cc(OC)ccc4c3)c3ccccc3n1)-c1cccc[n+]1CCC2. The van der Waals surface area contributed by atoms with E-state index in [-0.39, 0.29) is 0 Å². The lowest BCUT2D eigenvalue weighted by Gasteiger charge is -2.17. The summed E-state index contributed by atoms with van der Waals surface area (Å²) in [6.45, 7) is 3.30. The van der Waals surface area contributed by atoms with Crippen LogP contribution in [0.25, 0.3) is 56.3 Å². The van der Waals surface area contributed by atoms with Gasteiger partial charge in [0.15, 0.2) is 6.20 Å². The fourth-order valence-corrected chi connectivity index (χ4v) is 6.43. The molecule has 206 valence electrons. The van der Waals surface area contributed by atoms with Crippen molar-refractivity contribution in [3.63, 3.8) is 0 Å². The maximum Gasteiger partial charge on any atom is 0.213 e. The van der Waals surface area contributed by atoms with Crippen LogP contribution in [0.4, 0.5) is 0 Å². The van der Waals surface area contributed by atoms with Crippen molar-refractivity contribution >= 4 is 33.8 Å². The Morgan fingerprint density at radius 1 is 0.833 bits per heavy atom. The monoisotopic (exact) mass is 547 g/mol. The van der Waals surface area contributed by atoms with E-state index in [0.717, 1.165) is 54.6 Å². The summed E-state index contributed by atoms with van der Waals surface area (Å²) in [5, 5.41) is 3.54. The molecule has 3 heterocycles. The number of ether oxygens (including phenoxy) is 1. The predicted molar refractivity (Wildman–Crippen MR) is 175 cm³/mol. The third-order valence-electron chi connectivity index (χ3n) is 8.47. The van der Waals surface area contributed by atoms with Crippen molar-refractivity contribution in [2.24, 2.45) is 0 Å². The lowest BCUT2D eigenvalue weighted by Crippen LogP contribution is -2.35. The van der Waals surface area contributed by atoms with E-state index in [2.05, 4.69) is 121 Å². The summed E-state index contributed by atoms with van der Waals surface area (Å²) >= 11 is 0. The standard InChI is InChI=1S/C39H35N2O/c1-3-9-28-18-19-29-10-8-23-41-22-7-6-13-37(41)39(29)38(28)36-26-32(34-11-4-5-12-35(34)40-36)17-15-27-14-16-31-25-33(42-2)21-20-30(31)24-27/h4-7,11-22,24-26H,3,8-10,23H2,1-2H3/q+1/b17-15+. The van der Waals surface area contributed by atoms with Crippen molar-refractivity contribution in [1.29, 1.82) is 0 Å². The van der Waals surface area contributed by atoms with E-state index >= 15 is 0 Å². The van der Waals surface area contributed by atoms with Gasteiger partial charge >= 0.3 is 0 Å². The molecule has 0 saturated carbocycles. The molecule has 1 aliphatic heterocycles. The molecule has 7 rings (SSSR count). The molecule has 6 aromatic rings. The number of benzene rings is 4. The smallest absolute Gasteiger partial charge is 0.213 e. The number of hydrogen-bond acceptors (Lipinski definition) is 2. The Kier molecular flexibility index (Phi) is 7.01. The molecule has 0 aliphatic carbocycles. The summed E-state index contributed by atoms with van der Waals surface area (Å²) in [4.78, 5) is 5.32. The third-order valence-corrected chi connectivity index (χ3v) is 8.47. The number of fused-ring (bicyclic) bond motifs is 5. The Bertz CT molecular complexity index is 1970. The van der Waals surface area contributed by atoms with Crippen LogP contribution in [0, 0.1) is 0 Å². The number of methoxy groups -OCH3 is 1. The molecule has 0 atom stereocenters. The molecule has 0 radical (unpaired) electrons. The molecular weight excluding hydrogens is 512 g/mol. The van der Waals surface area contributed by atoms with Crippen molar-refractivity contribution < 1.29 is 9.30 Å². The molecule has 0 saturated heterocycles. The van der Waals surface area contributed by atoms with Crippen molar-refractivity contribution in [2.45, 2.75) is 39.2 Å². The average Bonchev–Trinajstić information content (AvgIpc) is 3.22. The van der Waals surface area contributed by atoms with E-state index in [9.17, 15) is 0 Å². The van der Waals surface area contributed by atoms with Gasteiger partial charge in [-0.1, -0.05) is 74.0 Å². The average molecular weight is 548 g/mol. The first-order valence-electron chi connectivity index (χ1n) is 15.0. The molecule has 3 nitrogen and oxygen atoms in total. The molecule has 0 unspecified atom stereocenters. The molecule has 0 N–H and O–H groups in total. The number of aromatic nitrogens is 2. The summed E-state index contributed by atoms with van der Waals surface area (Å²) in [5.41, 5.74) is 11.1. The van der Waals surface area contributed by atoms with E-state index in [1.165, 1.54) is 49.8 Å². The van der Waals surface area contributed by atoms with E-state index in [1.807, 2.05) is 6.07 Å². The second kappa shape index (κ2) is 11.3. The van der Waals surface area contributed by atoms with Gasteiger partial charge in [0.1, 0.15) is 12.3 Å². The van der Waals surface area contributed by atoms with Crippen LogP contribution >= 0.6 is 0 Å². The maximum absolute atomic E-state index is 5.41. The number of pyridine rings is 2. The van der Waals surface area contributed by atoms with Crippen LogP contribution in [-0.2, 0) is 19.4 Å². The number of hydrogen-bond donors (Lipinski definition) is 0. The third kappa shape index (κ3) is 4.86. The second-order valence-electron chi connectivity index (χ2n) is 11.2. The lowest BCUT2D eigenvalue weighted by atomic mass is 9.87. The molecular formula is C39H35N2O+.